The number of guanidine groups is 1. The summed E-state index contributed by atoms with van der Waals surface area (Å²) in [4.78, 5) is 4.27. The Kier molecular flexibility index (Phi) is 4.37. The fourth-order valence-corrected chi connectivity index (χ4v) is 2.87. The molecule has 1 unspecified atom stereocenters. The van der Waals surface area contributed by atoms with E-state index in [-0.39, 0.29) is 11.5 Å². The minimum absolute atomic E-state index is 0.0501. The molecule has 0 aromatic heterocycles. The highest BCUT2D eigenvalue weighted by Gasteiger charge is 2.38. The third kappa shape index (κ3) is 3.11. The van der Waals surface area contributed by atoms with E-state index in [1.165, 1.54) is 25.4 Å². The Bertz CT molecular complexity index is 892. The van der Waals surface area contributed by atoms with Gasteiger partial charge in [-0.15, -0.1) is 0 Å². The maximum absolute atomic E-state index is 13.1. The van der Waals surface area contributed by atoms with E-state index in [1.54, 1.807) is 24.3 Å². The summed E-state index contributed by atoms with van der Waals surface area (Å²) in [5.74, 6) is 0.500. The number of para-hydroxylation sites is 1. The van der Waals surface area contributed by atoms with Crippen LogP contribution in [0.4, 0.5) is 13.2 Å². The summed E-state index contributed by atoms with van der Waals surface area (Å²) in [6.07, 6.45) is -3.01. The van der Waals surface area contributed by atoms with Gasteiger partial charge in [-0.05, 0) is 23.8 Å². The first kappa shape index (κ1) is 17.8. The number of halogens is 3. The first-order chi connectivity index (χ1) is 12.3. The van der Waals surface area contributed by atoms with Gasteiger partial charge in [0.25, 0.3) is 0 Å². The molecule has 136 valence electrons. The normalized spacial score (nSPS) is 20.0. The number of alkyl halides is 3. The predicted octanol–water partition coefficient (Wildman–Crippen LogP) is 2.78. The first-order valence-corrected chi connectivity index (χ1v) is 7.68. The number of hydrogen-bond donors (Lipinski definition) is 3. The van der Waals surface area contributed by atoms with Crippen molar-refractivity contribution in [3.05, 3.63) is 71.4 Å². The molecule has 0 amide bonds. The Balaban J connectivity index is 2.18. The fourth-order valence-electron chi connectivity index (χ4n) is 2.87. The second-order valence-corrected chi connectivity index (χ2v) is 5.74. The van der Waals surface area contributed by atoms with Gasteiger partial charge in [0.15, 0.2) is 11.6 Å². The number of aliphatic imine (C=N–C) groups is 1. The molecule has 8 heteroatoms. The molecule has 0 radical (unpaired) electrons. The molecule has 2 aromatic carbocycles. The van der Waals surface area contributed by atoms with Crippen LogP contribution in [0.15, 0.2) is 59.7 Å². The molecule has 0 saturated heterocycles. The van der Waals surface area contributed by atoms with E-state index in [0.717, 1.165) is 12.1 Å². The molecule has 1 aliphatic rings. The van der Waals surface area contributed by atoms with Crippen molar-refractivity contribution >= 4 is 11.5 Å². The SMILES string of the molecule is COc1ccccc1C1(N)N=C(N)NC=C1c1cccc(C(F)(F)F)c1. The van der Waals surface area contributed by atoms with Crippen LogP contribution in [-0.2, 0) is 11.8 Å². The number of methoxy groups -OCH3 is 1. The lowest BCUT2D eigenvalue weighted by Crippen LogP contribution is -2.45. The Morgan fingerprint density at radius 2 is 1.85 bits per heavy atom. The smallest absolute Gasteiger partial charge is 0.416 e. The zero-order valence-electron chi connectivity index (χ0n) is 13.8. The maximum atomic E-state index is 13.1. The van der Waals surface area contributed by atoms with Crippen LogP contribution < -0.4 is 21.5 Å². The summed E-state index contributed by atoms with van der Waals surface area (Å²) >= 11 is 0. The predicted molar refractivity (Wildman–Crippen MR) is 93.0 cm³/mol. The molecule has 5 N–H and O–H groups in total. The topological polar surface area (TPSA) is 85.7 Å². The molecular formula is C18H17F3N4O. The molecule has 2 aromatic rings. The Labute approximate surface area is 148 Å². The quantitative estimate of drug-likeness (QED) is 0.784. The van der Waals surface area contributed by atoms with Crippen LogP contribution in [0, 0.1) is 0 Å². The van der Waals surface area contributed by atoms with Gasteiger partial charge < -0.3 is 15.8 Å². The summed E-state index contributed by atoms with van der Waals surface area (Å²) in [6.45, 7) is 0. The Morgan fingerprint density at radius 1 is 1.12 bits per heavy atom. The largest absolute Gasteiger partial charge is 0.496 e. The molecule has 1 heterocycles. The standard InChI is InChI=1S/C18H17F3N4O/c1-26-15-8-3-2-7-13(15)17(23)14(10-24-16(22)25-17)11-5-4-6-12(9-11)18(19,20)21/h2-10H,23H2,1H3,(H3,22,24,25). The van der Waals surface area contributed by atoms with Crippen molar-refractivity contribution in [2.24, 2.45) is 16.5 Å². The Hall–Kier alpha value is -3.00. The Morgan fingerprint density at radius 3 is 2.54 bits per heavy atom. The molecule has 0 aliphatic carbocycles. The number of nitrogens with zero attached hydrogens (tertiary/aromatic N) is 1. The molecule has 5 nitrogen and oxygen atoms in total. The molecule has 0 bridgehead atoms. The van der Waals surface area contributed by atoms with Crippen LogP contribution in [0.3, 0.4) is 0 Å². The number of rotatable bonds is 3. The van der Waals surface area contributed by atoms with Gasteiger partial charge in [0.2, 0.25) is 0 Å². The summed E-state index contributed by atoms with van der Waals surface area (Å²) in [5, 5.41) is 2.71. The zero-order chi connectivity index (χ0) is 18.9. The number of nitrogens with two attached hydrogens (primary N) is 2. The monoisotopic (exact) mass is 362 g/mol. The molecule has 0 saturated carbocycles. The van der Waals surface area contributed by atoms with Crippen molar-refractivity contribution in [3.63, 3.8) is 0 Å². The molecule has 0 spiro atoms. The molecule has 26 heavy (non-hydrogen) atoms. The number of ether oxygens (including phenoxy) is 1. The summed E-state index contributed by atoms with van der Waals surface area (Å²) in [6, 6.07) is 11.8. The van der Waals surface area contributed by atoms with E-state index in [9.17, 15) is 13.2 Å². The van der Waals surface area contributed by atoms with Gasteiger partial charge in [0.05, 0.1) is 12.7 Å². The summed E-state index contributed by atoms with van der Waals surface area (Å²) in [7, 11) is 1.48. The zero-order valence-corrected chi connectivity index (χ0v) is 13.8. The highest BCUT2D eigenvalue weighted by Crippen LogP contribution is 2.41. The molecule has 1 aliphatic heterocycles. The lowest BCUT2D eigenvalue weighted by atomic mass is 9.86. The van der Waals surface area contributed by atoms with Crippen LogP contribution in [0.5, 0.6) is 5.75 Å². The van der Waals surface area contributed by atoms with Gasteiger partial charge >= 0.3 is 6.18 Å². The minimum Gasteiger partial charge on any atom is -0.496 e. The van der Waals surface area contributed by atoms with Gasteiger partial charge in [0.1, 0.15) is 5.75 Å². The minimum atomic E-state index is -4.47. The van der Waals surface area contributed by atoms with E-state index >= 15 is 0 Å². The second kappa shape index (κ2) is 6.38. The van der Waals surface area contributed by atoms with E-state index in [0.29, 0.717) is 16.9 Å². The van der Waals surface area contributed by atoms with Crippen molar-refractivity contribution in [2.75, 3.05) is 7.11 Å². The van der Waals surface area contributed by atoms with Crippen molar-refractivity contribution in [1.82, 2.24) is 5.32 Å². The van der Waals surface area contributed by atoms with E-state index in [4.69, 9.17) is 16.2 Å². The molecule has 1 atom stereocenters. The third-order valence-electron chi connectivity index (χ3n) is 4.09. The van der Waals surface area contributed by atoms with Crippen molar-refractivity contribution < 1.29 is 17.9 Å². The van der Waals surface area contributed by atoms with Gasteiger partial charge in [-0.2, -0.15) is 13.2 Å². The fraction of sp³-hybridized carbons (Fsp3) is 0.167. The van der Waals surface area contributed by atoms with Gasteiger partial charge in [-0.1, -0.05) is 30.3 Å². The average Bonchev–Trinajstić information content (AvgIpc) is 2.61. The van der Waals surface area contributed by atoms with E-state index in [1.807, 2.05) is 0 Å². The van der Waals surface area contributed by atoms with Gasteiger partial charge in [-0.3, -0.25) is 5.73 Å². The summed E-state index contributed by atoms with van der Waals surface area (Å²) in [5.41, 5.74) is 11.1. The average molecular weight is 362 g/mol. The van der Waals surface area contributed by atoms with Gasteiger partial charge in [0, 0.05) is 17.3 Å². The lowest BCUT2D eigenvalue weighted by Gasteiger charge is -2.33. The number of benzene rings is 2. The van der Waals surface area contributed by atoms with Crippen LogP contribution in [0.25, 0.3) is 5.57 Å². The molecule has 3 rings (SSSR count). The van der Waals surface area contributed by atoms with Crippen LogP contribution in [-0.4, -0.2) is 13.1 Å². The number of hydrogen-bond acceptors (Lipinski definition) is 5. The highest BCUT2D eigenvalue weighted by molar-refractivity contribution is 5.89. The molecular weight excluding hydrogens is 345 g/mol. The second-order valence-electron chi connectivity index (χ2n) is 5.74. The van der Waals surface area contributed by atoms with Crippen LogP contribution in [0.1, 0.15) is 16.7 Å². The third-order valence-corrected chi connectivity index (χ3v) is 4.09. The maximum Gasteiger partial charge on any atom is 0.416 e. The van der Waals surface area contributed by atoms with Crippen LogP contribution >= 0.6 is 0 Å². The lowest BCUT2D eigenvalue weighted by molar-refractivity contribution is -0.137. The van der Waals surface area contributed by atoms with Crippen molar-refractivity contribution in [1.29, 1.82) is 0 Å². The van der Waals surface area contributed by atoms with Crippen molar-refractivity contribution in [2.45, 2.75) is 11.8 Å². The highest BCUT2D eigenvalue weighted by atomic mass is 19.4. The molecule has 0 fully saturated rings. The van der Waals surface area contributed by atoms with E-state index < -0.39 is 17.4 Å². The van der Waals surface area contributed by atoms with Crippen LogP contribution in [0.2, 0.25) is 0 Å². The summed E-state index contributed by atoms with van der Waals surface area (Å²) < 4.78 is 44.6. The van der Waals surface area contributed by atoms with Crippen molar-refractivity contribution in [3.8, 4) is 5.75 Å². The van der Waals surface area contributed by atoms with Gasteiger partial charge in [-0.25, -0.2) is 4.99 Å². The first-order valence-electron chi connectivity index (χ1n) is 7.68. The van der Waals surface area contributed by atoms with E-state index in [2.05, 4.69) is 10.3 Å². The number of nitrogens with one attached hydrogen (secondary N) is 1.